The molecule has 82 valence electrons. The second-order valence-electron chi connectivity index (χ2n) is 2.93. The Balaban J connectivity index is 3.31. The summed E-state index contributed by atoms with van der Waals surface area (Å²) in [7, 11) is 1.34. The number of aromatic amines is 1. The van der Waals surface area contributed by atoms with Crippen LogP contribution in [0, 0.1) is 6.92 Å². The Morgan fingerprint density at radius 2 is 2.20 bits per heavy atom. The highest BCUT2D eigenvalue weighted by molar-refractivity contribution is 5.93. The molecule has 0 aliphatic heterocycles. The molecule has 15 heavy (non-hydrogen) atoms. The molecule has 0 fully saturated rings. The van der Waals surface area contributed by atoms with Crippen LogP contribution in [-0.4, -0.2) is 24.7 Å². The van der Waals surface area contributed by atoms with Crippen molar-refractivity contribution in [3.8, 4) is 5.75 Å². The van der Waals surface area contributed by atoms with Gasteiger partial charge in [0.2, 0.25) is 0 Å². The molecule has 1 aromatic heterocycles. The third-order valence-electron chi connectivity index (χ3n) is 1.93. The van der Waals surface area contributed by atoms with Crippen LogP contribution in [0.1, 0.15) is 22.8 Å². The number of ether oxygens (including phenoxy) is 2. The zero-order valence-corrected chi connectivity index (χ0v) is 8.92. The van der Waals surface area contributed by atoms with Gasteiger partial charge >= 0.3 is 5.97 Å². The molecule has 0 saturated carbocycles. The summed E-state index contributed by atoms with van der Waals surface area (Å²) in [5.74, 6) is -0.550. The van der Waals surface area contributed by atoms with E-state index in [0.29, 0.717) is 5.56 Å². The number of aryl methyl sites for hydroxylation is 1. The van der Waals surface area contributed by atoms with Gasteiger partial charge in [0.25, 0.3) is 5.56 Å². The molecule has 0 saturated heterocycles. The Morgan fingerprint density at radius 1 is 1.53 bits per heavy atom. The van der Waals surface area contributed by atoms with Crippen molar-refractivity contribution in [1.29, 1.82) is 0 Å². The minimum Gasteiger partial charge on any atom is -0.490 e. The molecule has 5 heteroatoms. The molecular formula is C10H13NO4. The molecule has 1 heterocycles. The van der Waals surface area contributed by atoms with E-state index in [2.05, 4.69) is 4.98 Å². The van der Waals surface area contributed by atoms with E-state index in [0.717, 1.165) is 0 Å². The maximum Gasteiger partial charge on any atom is 0.342 e. The van der Waals surface area contributed by atoms with E-state index in [4.69, 9.17) is 9.47 Å². The van der Waals surface area contributed by atoms with Crippen LogP contribution in [-0.2, 0) is 4.74 Å². The van der Waals surface area contributed by atoms with Crippen LogP contribution >= 0.6 is 0 Å². The number of aromatic nitrogens is 1. The monoisotopic (exact) mass is 211 g/mol. The van der Waals surface area contributed by atoms with Gasteiger partial charge in [-0.2, -0.15) is 0 Å². The van der Waals surface area contributed by atoms with Crippen LogP contribution in [0.15, 0.2) is 11.0 Å². The number of carbonyl (C=O) groups is 1. The van der Waals surface area contributed by atoms with Crippen molar-refractivity contribution in [2.24, 2.45) is 0 Å². The number of hydrogen-bond donors (Lipinski definition) is 1. The summed E-state index contributed by atoms with van der Waals surface area (Å²) in [5, 5.41) is 0. The second-order valence-corrected chi connectivity index (χ2v) is 2.93. The SMILES string of the molecule is CCOC(=O)c1c(C)c[nH]c(=O)c1OC. The zero-order chi connectivity index (χ0) is 11.4. The van der Waals surface area contributed by atoms with E-state index in [-0.39, 0.29) is 17.9 Å². The van der Waals surface area contributed by atoms with E-state index < -0.39 is 11.5 Å². The second kappa shape index (κ2) is 4.63. The fraction of sp³-hybridized carbons (Fsp3) is 0.400. The molecule has 0 aromatic carbocycles. The number of H-pyrrole nitrogens is 1. The predicted molar refractivity (Wildman–Crippen MR) is 54.3 cm³/mol. The van der Waals surface area contributed by atoms with Gasteiger partial charge in [-0.15, -0.1) is 0 Å². The van der Waals surface area contributed by atoms with Crippen molar-refractivity contribution in [3.63, 3.8) is 0 Å². The van der Waals surface area contributed by atoms with Gasteiger partial charge in [0.1, 0.15) is 5.56 Å². The van der Waals surface area contributed by atoms with Gasteiger partial charge in [0, 0.05) is 6.20 Å². The Labute approximate surface area is 87.0 Å². The lowest BCUT2D eigenvalue weighted by Gasteiger charge is -2.08. The number of rotatable bonds is 3. The predicted octanol–water partition coefficient (Wildman–Crippen LogP) is 0.869. The first kappa shape index (κ1) is 11.3. The molecule has 0 unspecified atom stereocenters. The van der Waals surface area contributed by atoms with Crippen molar-refractivity contribution in [2.75, 3.05) is 13.7 Å². The average molecular weight is 211 g/mol. The lowest BCUT2D eigenvalue weighted by Crippen LogP contribution is -2.17. The van der Waals surface area contributed by atoms with Gasteiger partial charge in [0.05, 0.1) is 13.7 Å². The fourth-order valence-electron chi connectivity index (χ4n) is 1.26. The maximum absolute atomic E-state index is 11.5. The number of esters is 1. The molecule has 1 rings (SSSR count). The van der Waals surface area contributed by atoms with Gasteiger partial charge in [-0.25, -0.2) is 4.79 Å². The van der Waals surface area contributed by atoms with Gasteiger partial charge in [-0.05, 0) is 19.4 Å². The summed E-state index contributed by atoms with van der Waals surface area (Å²) >= 11 is 0. The molecule has 0 aliphatic carbocycles. The minimum absolute atomic E-state index is 0.00606. The highest BCUT2D eigenvalue weighted by atomic mass is 16.5. The van der Waals surface area contributed by atoms with Crippen LogP contribution in [0.4, 0.5) is 0 Å². The molecule has 0 atom stereocenters. The third-order valence-corrected chi connectivity index (χ3v) is 1.93. The number of pyridine rings is 1. The maximum atomic E-state index is 11.5. The van der Waals surface area contributed by atoms with E-state index >= 15 is 0 Å². The Bertz CT molecular complexity index is 422. The molecular weight excluding hydrogens is 198 g/mol. The van der Waals surface area contributed by atoms with Crippen LogP contribution in [0.5, 0.6) is 5.75 Å². The quantitative estimate of drug-likeness (QED) is 0.753. The summed E-state index contributed by atoms with van der Waals surface area (Å²) in [6.07, 6.45) is 1.46. The van der Waals surface area contributed by atoms with Crippen molar-refractivity contribution in [3.05, 3.63) is 27.7 Å². The lowest BCUT2D eigenvalue weighted by atomic mass is 10.1. The summed E-state index contributed by atoms with van der Waals surface area (Å²) < 4.78 is 9.71. The zero-order valence-electron chi connectivity index (χ0n) is 8.92. The van der Waals surface area contributed by atoms with E-state index in [1.165, 1.54) is 13.3 Å². The molecule has 0 bridgehead atoms. The normalized spacial score (nSPS) is 9.80. The Kier molecular flexibility index (Phi) is 3.49. The number of nitrogens with one attached hydrogen (secondary N) is 1. The summed E-state index contributed by atoms with van der Waals surface area (Å²) in [6.45, 7) is 3.66. The van der Waals surface area contributed by atoms with E-state index in [1.54, 1.807) is 13.8 Å². The smallest absolute Gasteiger partial charge is 0.342 e. The van der Waals surface area contributed by atoms with Gasteiger partial charge in [-0.3, -0.25) is 4.79 Å². The molecule has 0 radical (unpaired) electrons. The highest BCUT2D eigenvalue weighted by Gasteiger charge is 2.19. The minimum atomic E-state index is -0.544. The summed E-state index contributed by atoms with van der Waals surface area (Å²) in [6, 6.07) is 0. The fourth-order valence-corrected chi connectivity index (χ4v) is 1.26. The first-order chi connectivity index (χ1) is 7.11. The Morgan fingerprint density at radius 3 is 2.73 bits per heavy atom. The summed E-state index contributed by atoms with van der Waals surface area (Å²) in [4.78, 5) is 25.4. The summed E-state index contributed by atoms with van der Waals surface area (Å²) in [5.41, 5.74) is 0.360. The average Bonchev–Trinajstić information content (AvgIpc) is 2.21. The van der Waals surface area contributed by atoms with Crippen LogP contribution < -0.4 is 10.3 Å². The van der Waals surface area contributed by atoms with Crippen LogP contribution in [0.25, 0.3) is 0 Å². The number of hydrogen-bond acceptors (Lipinski definition) is 4. The molecule has 0 aliphatic rings. The Hall–Kier alpha value is -1.78. The standard InChI is InChI=1S/C10H13NO4/c1-4-15-10(13)7-6(2)5-11-9(12)8(7)14-3/h5H,4H2,1-3H3,(H,11,12). The van der Waals surface area contributed by atoms with Gasteiger partial charge < -0.3 is 14.5 Å². The molecule has 1 aromatic rings. The van der Waals surface area contributed by atoms with Crippen LogP contribution in [0.2, 0.25) is 0 Å². The van der Waals surface area contributed by atoms with Gasteiger partial charge in [0.15, 0.2) is 5.75 Å². The largest absolute Gasteiger partial charge is 0.490 e. The molecule has 0 amide bonds. The topological polar surface area (TPSA) is 68.4 Å². The van der Waals surface area contributed by atoms with Crippen molar-refractivity contribution >= 4 is 5.97 Å². The molecule has 0 spiro atoms. The number of carbonyl (C=O) groups excluding carboxylic acids is 1. The molecule has 5 nitrogen and oxygen atoms in total. The van der Waals surface area contributed by atoms with Crippen molar-refractivity contribution < 1.29 is 14.3 Å². The first-order valence-electron chi connectivity index (χ1n) is 4.55. The van der Waals surface area contributed by atoms with E-state index in [9.17, 15) is 9.59 Å². The first-order valence-corrected chi connectivity index (χ1v) is 4.55. The number of methoxy groups -OCH3 is 1. The van der Waals surface area contributed by atoms with Crippen molar-refractivity contribution in [1.82, 2.24) is 4.98 Å². The van der Waals surface area contributed by atoms with E-state index in [1.807, 2.05) is 0 Å². The van der Waals surface area contributed by atoms with Gasteiger partial charge in [-0.1, -0.05) is 0 Å². The van der Waals surface area contributed by atoms with Crippen molar-refractivity contribution in [2.45, 2.75) is 13.8 Å². The van der Waals surface area contributed by atoms with Crippen LogP contribution in [0.3, 0.4) is 0 Å². The highest BCUT2D eigenvalue weighted by Crippen LogP contribution is 2.17. The lowest BCUT2D eigenvalue weighted by molar-refractivity contribution is 0.0521. The third kappa shape index (κ3) is 2.18. The molecule has 1 N–H and O–H groups in total.